The molecule has 2 aromatic heterocycles. The zero-order chi connectivity index (χ0) is 16.2. The van der Waals surface area contributed by atoms with Crippen LogP contribution in [0.5, 0.6) is 5.75 Å². The van der Waals surface area contributed by atoms with E-state index in [2.05, 4.69) is 15.2 Å². The highest BCUT2D eigenvalue weighted by Crippen LogP contribution is 2.22. The van der Waals surface area contributed by atoms with Crippen molar-refractivity contribution in [1.82, 2.24) is 15.2 Å². The molecule has 0 unspecified atom stereocenters. The summed E-state index contributed by atoms with van der Waals surface area (Å²) in [6, 6.07) is 17.2. The smallest absolute Gasteiger partial charge is 0.247 e. The van der Waals surface area contributed by atoms with Crippen LogP contribution in [0.3, 0.4) is 0 Å². The first kappa shape index (κ1) is 14.2. The molecule has 0 spiro atoms. The van der Waals surface area contributed by atoms with Crippen molar-refractivity contribution in [3.63, 3.8) is 0 Å². The fourth-order valence-corrected chi connectivity index (χ4v) is 2.25. The van der Waals surface area contributed by atoms with E-state index < -0.39 is 0 Å². The molecule has 0 bridgehead atoms. The summed E-state index contributed by atoms with van der Waals surface area (Å²) >= 11 is 0. The van der Waals surface area contributed by atoms with Crippen molar-refractivity contribution in [2.45, 2.75) is 6.61 Å². The van der Waals surface area contributed by atoms with Gasteiger partial charge in [0, 0.05) is 11.1 Å². The van der Waals surface area contributed by atoms with Gasteiger partial charge in [-0.2, -0.15) is 0 Å². The fraction of sp³-hybridized carbons (Fsp3) is 0.0556. The number of benzene rings is 2. The second-order valence-corrected chi connectivity index (χ2v) is 5.04. The Balaban J connectivity index is 1.41. The van der Waals surface area contributed by atoms with Crippen LogP contribution < -0.4 is 4.74 Å². The Kier molecular flexibility index (Phi) is 3.77. The summed E-state index contributed by atoms with van der Waals surface area (Å²) in [4.78, 5) is 4.24. The predicted octanol–water partition coefficient (Wildman–Crippen LogP) is 3.97. The summed E-state index contributed by atoms with van der Waals surface area (Å²) in [6.07, 6.45) is 3.00. The van der Waals surface area contributed by atoms with Gasteiger partial charge >= 0.3 is 0 Å². The Morgan fingerprint density at radius 3 is 2.50 bits per heavy atom. The molecule has 0 saturated carbocycles. The van der Waals surface area contributed by atoms with Crippen LogP contribution in [0.2, 0.25) is 0 Å². The van der Waals surface area contributed by atoms with Crippen LogP contribution in [0, 0.1) is 0 Å². The second kappa shape index (κ2) is 6.37. The van der Waals surface area contributed by atoms with Gasteiger partial charge < -0.3 is 13.6 Å². The highest BCUT2D eigenvalue weighted by atomic mass is 16.5. The Bertz CT molecular complexity index is 900. The lowest BCUT2D eigenvalue weighted by molar-refractivity contribution is 0.264. The summed E-state index contributed by atoms with van der Waals surface area (Å²) in [5, 5.41) is 7.51. The van der Waals surface area contributed by atoms with E-state index in [4.69, 9.17) is 13.6 Å². The highest BCUT2D eigenvalue weighted by molar-refractivity contribution is 5.56. The first-order valence-corrected chi connectivity index (χ1v) is 7.38. The highest BCUT2D eigenvalue weighted by Gasteiger charge is 2.07. The van der Waals surface area contributed by atoms with Gasteiger partial charge in [0.1, 0.15) is 5.75 Å². The topological polar surface area (TPSA) is 74.2 Å². The number of hydrogen-bond acceptors (Lipinski definition) is 6. The molecule has 6 nitrogen and oxygen atoms in total. The molecule has 0 N–H and O–H groups in total. The van der Waals surface area contributed by atoms with Crippen molar-refractivity contribution < 1.29 is 13.6 Å². The van der Waals surface area contributed by atoms with Gasteiger partial charge in [0.15, 0.2) is 12.4 Å². The van der Waals surface area contributed by atoms with Crippen molar-refractivity contribution in [2.24, 2.45) is 0 Å². The summed E-state index contributed by atoms with van der Waals surface area (Å²) in [7, 11) is 0. The lowest BCUT2D eigenvalue weighted by Crippen LogP contribution is -1.95. The van der Waals surface area contributed by atoms with Gasteiger partial charge in [-0.3, -0.25) is 0 Å². The molecule has 0 aliphatic carbocycles. The van der Waals surface area contributed by atoms with Crippen molar-refractivity contribution in [2.75, 3.05) is 0 Å². The normalized spacial score (nSPS) is 10.7. The van der Waals surface area contributed by atoms with Gasteiger partial charge in [-0.25, -0.2) is 4.98 Å². The monoisotopic (exact) mass is 319 g/mol. The zero-order valence-corrected chi connectivity index (χ0v) is 12.6. The van der Waals surface area contributed by atoms with Gasteiger partial charge in [-0.1, -0.05) is 30.3 Å². The molecular formula is C18H13N3O3. The van der Waals surface area contributed by atoms with Gasteiger partial charge in [0.05, 0.1) is 6.20 Å². The third-order valence-corrected chi connectivity index (χ3v) is 3.44. The van der Waals surface area contributed by atoms with E-state index in [0.717, 1.165) is 16.9 Å². The van der Waals surface area contributed by atoms with Crippen molar-refractivity contribution in [1.29, 1.82) is 0 Å². The first-order chi connectivity index (χ1) is 11.9. The lowest BCUT2D eigenvalue weighted by Gasteiger charge is -2.03. The average Bonchev–Trinajstić information content (AvgIpc) is 3.33. The predicted molar refractivity (Wildman–Crippen MR) is 86.0 cm³/mol. The largest absolute Gasteiger partial charge is 0.484 e. The molecule has 0 aliphatic heterocycles. The number of ether oxygens (including phenoxy) is 1. The summed E-state index contributed by atoms with van der Waals surface area (Å²) < 4.78 is 16.5. The number of aromatic nitrogens is 3. The molecule has 2 heterocycles. The summed E-state index contributed by atoms with van der Waals surface area (Å²) in [6.45, 7) is 0.257. The van der Waals surface area contributed by atoms with E-state index in [9.17, 15) is 0 Å². The van der Waals surface area contributed by atoms with Crippen molar-refractivity contribution in [3.8, 4) is 28.5 Å². The Labute approximate surface area is 137 Å². The maximum Gasteiger partial charge on any atom is 0.247 e. The van der Waals surface area contributed by atoms with E-state index in [-0.39, 0.29) is 6.61 Å². The van der Waals surface area contributed by atoms with E-state index in [0.29, 0.717) is 17.5 Å². The van der Waals surface area contributed by atoms with Crippen LogP contribution in [0.4, 0.5) is 0 Å². The minimum absolute atomic E-state index is 0.257. The number of oxazole rings is 1. The fourth-order valence-electron chi connectivity index (χ4n) is 2.25. The SMILES string of the molecule is c1ccc(-c2cnc(COc3ccc(-c4nnco4)cc3)o2)cc1. The number of rotatable bonds is 5. The zero-order valence-electron chi connectivity index (χ0n) is 12.6. The molecule has 4 aromatic rings. The minimum Gasteiger partial charge on any atom is -0.484 e. The molecule has 0 atom stereocenters. The van der Waals surface area contributed by atoms with Crippen LogP contribution in [0.1, 0.15) is 5.89 Å². The molecule has 0 amide bonds. The van der Waals surface area contributed by atoms with E-state index in [1.54, 1.807) is 6.20 Å². The quantitative estimate of drug-likeness (QED) is 0.554. The Hall–Kier alpha value is -3.41. The Morgan fingerprint density at radius 1 is 0.917 bits per heavy atom. The van der Waals surface area contributed by atoms with Crippen LogP contribution in [0.15, 0.2) is 76.0 Å². The third-order valence-electron chi connectivity index (χ3n) is 3.44. The van der Waals surface area contributed by atoms with Gasteiger partial charge in [-0.05, 0) is 24.3 Å². The van der Waals surface area contributed by atoms with E-state index >= 15 is 0 Å². The number of hydrogen-bond donors (Lipinski definition) is 0. The van der Waals surface area contributed by atoms with Crippen LogP contribution in [-0.4, -0.2) is 15.2 Å². The molecule has 0 saturated heterocycles. The molecule has 24 heavy (non-hydrogen) atoms. The van der Waals surface area contributed by atoms with E-state index in [1.807, 2.05) is 54.6 Å². The maximum atomic E-state index is 5.70. The van der Waals surface area contributed by atoms with Gasteiger partial charge in [0.2, 0.25) is 18.2 Å². The molecule has 2 aromatic carbocycles. The molecule has 0 aliphatic rings. The van der Waals surface area contributed by atoms with E-state index in [1.165, 1.54) is 6.39 Å². The second-order valence-electron chi connectivity index (χ2n) is 5.04. The average molecular weight is 319 g/mol. The summed E-state index contributed by atoms with van der Waals surface area (Å²) in [5.74, 6) is 2.43. The standard InChI is InChI=1S/C18H13N3O3/c1-2-4-13(5-3-1)16-10-19-17(24-16)11-22-15-8-6-14(7-9-15)18-21-20-12-23-18/h1-10,12H,11H2. The first-order valence-electron chi connectivity index (χ1n) is 7.38. The van der Waals surface area contributed by atoms with Crippen LogP contribution >= 0.6 is 0 Å². The number of nitrogens with zero attached hydrogens (tertiary/aromatic N) is 3. The van der Waals surface area contributed by atoms with Gasteiger partial charge in [0.25, 0.3) is 0 Å². The lowest BCUT2D eigenvalue weighted by atomic mass is 10.2. The van der Waals surface area contributed by atoms with Crippen LogP contribution in [-0.2, 0) is 6.61 Å². The summed E-state index contributed by atoms with van der Waals surface area (Å²) in [5.41, 5.74) is 1.82. The maximum absolute atomic E-state index is 5.70. The molecule has 6 heteroatoms. The van der Waals surface area contributed by atoms with Crippen molar-refractivity contribution >= 4 is 0 Å². The molecule has 4 rings (SSSR count). The molecule has 0 radical (unpaired) electrons. The van der Waals surface area contributed by atoms with Crippen LogP contribution in [0.25, 0.3) is 22.8 Å². The van der Waals surface area contributed by atoms with Crippen molar-refractivity contribution in [3.05, 3.63) is 73.1 Å². The third kappa shape index (κ3) is 3.03. The molecular weight excluding hydrogens is 306 g/mol. The van der Waals surface area contributed by atoms with Gasteiger partial charge in [-0.15, -0.1) is 10.2 Å². The molecule has 0 fully saturated rings. The molecule has 118 valence electrons. The minimum atomic E-state index is 0.257. The Morgan fingerprint density at radius 2 is 1.75 bits per heavy atom.